The van der Waals surface area contributed by atoms with Gasteiger partial charge in [-0.05, 0) is 30.2 Å². The molecule has 9 heteroatoms. The molecule has 0 saturated carbocycles. The van der Waals surface area contributed by atoms with Crippen molar-refractivity contribution in [1.29, 1.82) is 5.41 Å². The van der Waals surface area contributed by atoms with Crippen LogP contribution in [0.3, 0.4) is 0 Å². The topological polar surface area (TPSA) is 143 Å². The Hall–Kier alpha value is -4.01. The number of amides is 1. The minimum absolute atomic E-state index is 0.00727. The maximum atomic E-state index is 12.7. The number of benzene rings is 2. The number of carbonyl (C=O) groups excluding carboxylic acids is 3. The monoisotopic (exact) mass is 468 g/mol. The van der Waals surface area contributed by atoms with Gasteiger partial charge in [-0.3, -0.25) is 20.3 Å². The summed E-state index contributed by atoms with van der Waals surface area (Å²) in [5.41, 5.74) is 1.19. The fourth-order valence-corrected chi connectivity index (χ4v) is 2.91. The lowest BCUT2D eigenvalue weighted by molar-refractivity contribution is -0.139. The summed E-state index contributed by atoms with van der Waals surface area (Å²) in [6.07, 6.45) is -0.722. The molecule has 0 aromatic heterocycles. The zero-order chi connectivity index (χ0) is 25.3. The van der Waals surface area contributed by atoms with E-state index < -0.39 is 24.6 Å². The number of carbonyl (C=O) groups is 4. The first-order chi connectivity index (χ1) is 16.1. The van der Waals surface area contributed by atoms with Gasteiger partial charge in [0.15, 0.2) is 18.2 Å². The number of ether oxygens (including phenoxy) is 2. The van der Waals surface area contributed by atoms with E-state index in [-0.39, 0.29) is 36.3 Å². The van der Waals surface area contributed by atoms with Gasteiger partial charge in [-0.2, -0.15) is 0 Å². The Morgan fingerprint density at radius 2 is 1.47 bits per heavy atom. The zero-order valence-electron chi connectivity index (χ0n) is 19.3. The maximum Gasteiger partial charge on any atom is 0.412 e. The van der Waals surface area contributed by atoms with Gasteiger partial charge in [-0.15, -0.1) is 0 Å². The number of nitrogens with one attached hydrogen (secondary N) is 2. The van der Waals surface area contributed by atoms with E-state index >= 15 is 0 Å². The third kappa shape index (κ3) is 8.16. The van der Waals surface area contributed by atoms with Crippen molar-refractivity contribution in [2.24, 2.45) is 11.8 Å². The third-order valence-electron chi connectivity index (χ3n) is 4.71. The lowest BCUT2D eigenvalue weighted by Gasteiger charge is -2.12. The van der Waals surface area contributed by atoms with Crippen molar-refractivity contribution >= 4 is 29.5 Å². The Kier molecular flexibility index (Phi) is 9.49. The van der Waals surface area contributed by atoms with Gasteiger partial charge < -0.3 is 14.6 Å². The smallest absolute Gasteiger partial charge is 0.412 e. The Morgan fingerprint density at radius 1 is 0.912 bits per heavy atom. The second kappa shape index (κ2) is 12.3. The number of carboxylic acids is 1. The van der Waals surface area contributed by atoms with Crippen LogP contribution < -0.4 is 10.1 Å². The van der Waals surface area contributed by atoms with Crippen LogP contribution in [0.1, 0.15) is 53.5 Å². The van der Waals surface area contributed by atoms with Gasteiger partial charge in [0.1, 0.15) is 11.6 Å². The quantitative estimate of drug-likeness (QED) is 0.257. The van der Waals surface area contributed by atoms with Crippen LogP contribution in [0.4, 0.5) is 4.79 Å². The van der Waals surface area contributed by atoms with Gasteiger partial charge in [0, 0.05) is 29.0 Å². The van der Waals surface area contributed by atoms with Crippen molar-refractivity contribution in [3.63, 3.8) is 0 Å². The number of hydrogen-bond donors (Lipinski definition) is 3. The van der Waals surface area contributed by atoms with Crippen LogP contribution in [0.5, 0.6) is 5.75 Å². The zero-order valence-corrected chi connectivity index (χ0v) is 19.3. The average molecular weight is 469 g/mol. The molecule has 0 spiro atoms. The summed E-state index contributed by atoms with van der Waals surface area (Å²) in [6, 6.07) is 12.2. The minimum atomic E-state index is -1.10. The summed E-state index contributed by atoms with van der Waals surface area (Å²) in [5.74, 6) is -1.77. The predicted molar refractivity (Wildman–Crippen MR) is 125 cm³/mol. The number of hydrogen-bond acceptors (Lipinski definition) is 7. The molecule has 34 heavy (non-hydrogen) atoms. The van der Waals surface area contributed by atoms with Gasteiger partial charge in [0.2, 0.25) is 0 Å². The van der Waals surface area contributed by atoms with E-state index in [1.807, 2.05) is 13.8 Å². The number of aliphatic carboxylic acids is 1. The average Bonchev–Trinajstić information content (AvgIpc) is 2.81. The largest absolute Gasteiger partial charge is 0.482 e. The summed E-state index contributed by atoms with van der Waals surface area (Å²) in [6.45, 7) is 5.23. The first-order valence-corrected chi connectivity index (χ1v) is 10.7. The van der Waals surface area contributed by atoms with Gasteiger partial charge in [0.05, 0.1) is 6.61 Å². The van der Waals surface area contributed by atoms with Crippen molar-refractivity contribution in [2.75, 3.05) is 13.2 Å². The van der Waals surface area contributed by atoms with E-state index in [9.17, 15) is 19.2 Å². The highest BCUT2D eigenvalue weighted by atomic mass is 16.5. The fourth-order valence-electron chi connectivity index (χ4n) is 2.91. The summed E-state index contributed by atoms with van der Waals surface area (Å²) in [7, 11) is 0. The van der Waals surface area contributed by atoms with Crippen LogP contribution in [0.25, 0.3) is 0 Å². The number of ketones is 2. The Morgan fingerprint density at radius 3 is 2.03 bits per heavy atom. The highest BCUT2D eigenvalue weighted by Crippen LogP contribution is 2.19. The Labute approximate surface area is 197 Å². The first kappa shape index (κ1) is 26.2. The molecule has 0 saturated heterocycles. The normalized spacial score (nSPS) is 11.4. The molecular formula is C25H28N2O7. The van der Waals surface area contributed by atoms with E-state index in [1.165, 1.54) is 24.3 Å². The van der Waals surface area contributed by atoms with Crippen LogP contribution in [-0.4, -0.2) is 47.8 Å². The Balaban J connectivity index is 1.92. The SMILES string of the molecule is CC(C)COC(=O)NC(=N)c1ccc(C(=O)CC(C)C(=O)c2ccc(OCC(=O)O)cc2)cc1. The van der Waals surface area contributed by atoms with Gasteiger partial charge in [-0.25, -0.2) is 9.59 Å². The molecule has 2 rings (SSSR count). The van der Waals surface area contributed by atoms with E-state index in [0.29, 0.717) is 22.4 Å². The molecule has 3 N–H and O–H groups in total. The highest BCUT2D eigenvalue weighted by molar-refractivity contribution is 6.06. The standard InChI is InChI=1S/C25H28N2O7/c1-15(2)13-34-25(32)27-24(26)19-6-4-17(5-7-19)21(28)12-16(3)23(31)18-8-10-20(11-9-18)33-14-22(29)30/h4-11,15-16H,12-14H2,1-3H3,(H,29,30)(H2,26,27,32). The Bertz CT molecular complexity index is 1040. The summed E-state index contributed by atoms with van der Waals surface area (Å²) < 4.78 is 10.0. The van der Waals surface area contributed by atoms with E-state index in [1.54, 1.807) is 31.2 Å². The molecule has 2 aromatic carbocycles. The minimum Gasteiger partial charge on any atom is -0.482 e. The number of rotatable bonds is 11. The van der Waals surface area contributed by atoms with Crippen LogP contribution in [0.15, 0.2) is 48.5 Å². The first-order valence-electron chi connectivity index (χ1n) is 10.7. The van der Waals surface area contributed by atoms with Crippen LogP contribution in [0, 0.1) is 17.2 Å². The molecule has 0 radical (unpaired) electrons. The van der Waals surface area contributed by atoms with Gasteiger partial charge >= 0.3 is 12.1 Å². The molecule has 0 aliphatic rings. The molecule has 1 unspecified atom stereocenters. The van der Waals surface area contributed by atoms with E-state index in [0.717, 1.165) is 0 Å². The number of amidine groups is 1. The fraction of sp³-hybridized carbons (Fsp3) is 0.320. The van der Waals surface area contributed by atoms with Crippen molar-refractivity contribution in [1.82, 2.24) is 5.32 Å². The summed E-state index contributed by atoms with van der Waals surface area (Å²) in [5, 5.41) is 18.9. The van der Waals surface area contributed by atoms with Gasteiger partial charge in [-0.1, -0.05) is 45.0 Å². The molecule has 0 fully saturated rings. The molecule has 0 aliphatic carbocycles. The molecule has 0 aliphatic heterocycles. The number of Topliss-reactive ketones (excluding diaryl/α,β-unsaturated/α-hetero) is 2. The highest BCUT2D eigenvalue weighted by Gasteiger charge is 2.20. The third-order valence-corrected chi connectivity index (χ3v) is 4.71. The van der Waals surface area contributed by atoms with Crippen LogP contribution in [-0.2, 0) is 9.53 Å². The molecule has 0 heterocycles. The van der Waals surface area contributed by atoms with Gasteiger partial charge in [0.25, 0.3) is 0 Å². The maximum absolute atomic E-state index is 12.7. The molecule has 9 nitrogen and oxygen atoms in total. The predicted octanol–water partition coefficient (Wildman–Crippen LogP) is 3.95. The van der Waals surface area contributed by atoms with E-state index in [2.05, 4.69) is 5.32 Å². The van der Waals surface area contributed by atoms with Crippen molar-refractivity contribution in [3.8, 4) is 5.75 Å². The second-order valence-corrected chi connectivity index (χ2v) is 8.17. The summed E-state index contributed by atoms with van der Waals surface area (Å²) in [4.78, 5) is 47.5. The van der Waals surface area contributed by atoms with Crippen molar-refractivity contribution in [2.45, 2.75) is 27.2 Å². The summed E-state index contributed by atoms with van der Waals surface area (Å²) >= 11 is 0. The lowest BCUT2D eigenvalue weighted by Crippen LogP contribution is -2.31. The second-order valence-electron chi connectivity index (χ2n) is 8.17. The molecule has 2 aromatic rings. The molecule has 1 atom stereocenters. The van der Waals surface area contributed by atoms with E-state index in [4.69, 9.17) is 20.0 Å². The van der Waals surface area contributed by atoms with Crippen molar-refractivity contribution < 1.29 is 33.8 Å². The van der Waals surface area contributed by atoms with Crippen molar-refractivity contribution in [3.05, 3.63) is 65.2 Å². The molecular weight excluding hydrogens is 440 g/mol. The number of carboxylic acid groups (broad SMARTS) is 1. The number of alkyl carbamates (subject to hydrolysis) is 1. The van der Waals surface area contributed by atoms with Crippen LogP contribution in [0.2, 0.25) is 0 Å². The van der Waals surface area contributed by atoms with Crippen LogP contribution >= 0.6 is 0 Å². The molecule has 0 bridgehead atoms. The molecule has 1 amide bonds. The lowest BCUT2D eigenvalue weighted by atomic mass is 9.92. The molecule has 180 valence electrons.